The molecule has 4 nitrogen and oxygen atoms in total. The minimum absolute atomic E-state index is 0.138. The highest BCUT2D eigenvalue weighted by atomic mass is 16.4. The van der Waals surface area contributed by atoms with Crippen molar-refractivity contribution in [2.45, 2.75) is 32.9 Å². The van der Waals surface area contributed by atoms with Crippen LogP contribution in [0.1, 0.15) is 20.8 Å². The second-order valence-corrected chi connectivity index (χ2v) is 4.64. The standard InChI is InChI=1S/C9H20N2O2/c1-9(2,3)7(11(4)5)6(10)8(12)13/h6-7H,10H2,1-5H3,(H,12,13). The average molecular weight is 188 g/mol. The van der Waals surface area contributed by atoms with Crippen molar-refractivity contribution in [2.75, 3.05) is 14.1 Å². The molecule has 2 unspecified atom stereocenters. The molecule has 0 amide bonds. The van der Waals surface area contributed by atoms with Gasteiger partial charge in [-0.3, -0.25) is 4.79 Å². The summed E-state index contributed by atoms with van der Waals surface area (Å²) in [4.78, 5) is 12.6. The van der Waals surface area contributed by atoms with Crippen LogP contribution in [0.15, 0.2) is 0 Å². The highest BCUT2D eigenvalue weighted by Gasteiger charge is 2.35. The molecule has 0 heterocycles. The number of carbonyl (C=O) groups is 1. The van der Waals surface area contributed by atoms with Gasteiger partial charge in [-0.15, -0.1) is 0 Å². The Labute approximate surface area is 79.7 Å². The van der Waals surface area contributed by atoms with Crippen LogP contribution in [0.3, 0.4) is 0 Å². The number of rotatable bonds is 3. The molecule has 0 rings (SSSR count). The number of likely N-dealkylation sites (N-methyl/N-ethyl adjacent to an activating group) is 1. The van der Waals surface area contributed by atoms with E-state index in [0.29, 0.717) is 0 Å². The first kappa shape index (κ1) is 12.4. The molecule has 0 spiro atoms. The summed E-state index contributed by atoms with van der Waals surface area (Å²) in [5.41, 5.74) is 5.47. The van der Waals surface area contributed by atoms with E-state index in [2.05, 4.69) is 0 Å². The lowest BCUT2D eigenvalue weighted by Gasteiger charge is -2.38. The van der Waals surface area contributed by atoms with Crippen molar-refractivity contribution in [1.82, 2.24) is 4.90 Å². The number of hydrogen-bond donors (Lipinski definition) is 2. The van der Waals surface area contributed by atoms with Gasteiger partial charge in [-0.05, 0) is 19.5 Å². The SMILES string of the molecule is CN(C)C(C(N)C(=O)O)C(C)(C)C. The molecule has 0 aromatic rings. The Bertz CT molecular complexity index is 185. The third-order valence-corrected chi connectivity index (χ3v) is 2.07. The smallest absolute Gasteiger partial charge is 0.322 e. The molecule has 0 saturated heterocycles. The fraction of sp³-hybridized carbons (Fsp3) is 0.889. The second-order valence-electron chi connectivity index (χ2n) is 4.64. The molecule has 0 radical (unpaired) electrons. The predicted octanol–water partition coefficient (Wildman–Crippen LogP) is 0.375. The fourth-order valence-electron chi connectivity index (χ4n) is 1.77. The average Bonchev–Trinajstić information content (AvgIpc) is 1.82. The minimum atomic E-state index is -0.950. The Balaban J connectivity index is 4.72. The van der Waals surface area contributed by atoms with Crippen LogP contribution in [-0.2, 0) is 4.79 Å². The number of carboxylic acid groups (broad SMARTS) is 1. The molecular formula is C9H20N2O2. The van der Waals surface area contributed by atoms with Crippen LogP contribution < -0.4 is 5.73 Å². The Morgan fingerprint density at radius 3 is 1.85 bits per heavy atom. The summed E-state index contributed by atoms with van der Waals surface area (Å²) in [7, 11) is 3.69. The van der Waals surface area contributed by atoms with Crippen molar-refractivity contribution in [3.63, 3.8) is 0 Å². The van der Waals surface area contributed by atoms with E-state index >= 15 is 0 Å². The van der Waals surface area contributed by atoms with Gasteiger partial charge in [-0.1, -0.05) is 20.8 Å². The first-order valence-electron chi connectivity index (χ1n) is 4.32. The predicted molar refractivity (Wildman–Crippen MR) is 52.5 cm³/mol. The number of hydrogen-bond acceptors (Lipinski definition) is 3. The van der Waals surface area contributed by atoms with Gasteiger partial charge in [0.2, 0.25) is 0 Å². The van der Waals surface area contributed by atoms with Crippen molar-refractivity contribution in [3.8, 4) is 0 Å². The minimum Gasteiger partial charge on any atom is -0.480 e. The van der Waals surface area contributed by atoms with E-state index < -0.39 is 12.0 Å². The van der Waals surface area contributed by atoms with Crippen molar-refractivity contribution < 1.29 is 9.90 Å². The monoisotopic (exact) mass is 188 g/mol. The van der Waals surface area contributed by atoms with Gasteiger partial charge in [0.1, 0.15) is 6.04 Å². The molecule has 13 heavy (non-hydrogen) atoms. The van der Waals surface area contributed by atoms with Gasteiger partial charge in [0.25, 0.3) is 0 Å². The van der Waals surface area contributed by atoms with Crippen LogP contribution in [-0.4, -0.2) is 42.2 Å². The molecular weight excluding hydrogens is 168 g/mol. The van der Waals surface area contributed by atoms with Crippen molar-refractivity contribution in [2.24, 2.45) is 11.1 Å². The van der Waals surface area contributed by atoms with Crippen LogP contribution in [0, 0.1) is 5.41 Å². The highest BCUT2D eigenvalue weighted by molar-refractivity contribution is 5.74. The Hall–Kier alpha value is -0.610. The van der Waals surface area contributed by atoms with Crippen LogP contribution in [0.4, 0.5) is 0 Å². The summed E-state index contributed by atoms with van der Waals surface area (Å²) in [5, 5.41) is 8.81. The Morgan fingerprint density at radius 1 is 1.38 bits per heavy atom. The van der Waals surface area contributed by atoms with Gasteiger partial charge in [0.05, 0.1) is 0 Å². The summed E-state index contributed by atoms with van der Waals surface area (Å²) in [6.45, 7) is 5.96. The molecule has 2 atom stereocenters. The van der Waals surface area contributed by atoms with Crippen LogP contribution in [0.5, 0.6) is 0 Å². The van der Waals surface area contributed by atoms with Crippen molar-refractivity contribution in [1.29, 1.82) is 0 Å². The molecule has 0 aliphatic carbocycles. The zero-order valence-corrected chi connectivity index (χ0v) is 9.03. The van der Waals surface area contributed by atoms with E-state index in [9.17, 15) is 4.79 Å². The van der Waals surface area contributed by atoms with Gasteiger partial charge < -0.3 is 15.7 Å². The van der Waals surface area contributed by atoms with E-state index in [1.54, 1.807) is 0 Å². The molecule has 0 aliphatic heterocycles. The lowest BCUT2D eigenvalue weighted by atomic mass is 9.82. The lowest BCUT2D eigenvalue weighted by Crippen LogP contribution is -2.55. The van der Waals surface area contributed by atoms with Gasteiger partial charge in [0.15, 0.2) is 0 Å². The van der Waals surface area contributed by atoms with E-state index in [1.165, 1.54) is 0 Å². The topological polar surface area (TPSA) is 66.6 Å². The third-order valence-electron chi connectivity index (χ3n) is 2.07. The molecule has 78 valence electrons. The summed E-state index contributed by atoms with van der Waals surface area (Å²) >= 11 is 0. The third kappa shape index (κ3) is 3.32. The Morgan fingerprint density at radius 2 is 1.77 bits per heavy atom. The van der Waals surface area contributed by atoms with Crippen LogP contribution >= 0.6 is 0 Å². The first-order chi connectivity index (χ1) is 5.68. The summed E-state index contributed by atoms with van der Waals surface area (Å²) in [6.07, 6.45) is 0. The second kappa shape index (κ2) is 4.07. The van der Waals surface area contributed by atoms with Gasteiger partial charge in [0, 0.05) is 6.04 Å². The quantitative estimate of drug-likeness (QED) is 0.671. The van der Waals surface area contributed by atoms with Crippen LogP contribution in [0.25, 0.3) is 0 Å². The normalized spacial score (nSPS) is 17.2. The summed E-state index contributed by atoms with van der Waals surface area (Å²) in [5.74, 6) is -0.950. The molecule has 0 aliphatic rings. The molecule has 0 aromatic heterocycles. The van der Waals surface area contributed by atoms with Gasteiger partial charge in [-0.2, -0.15) is 0 Å². The summed E-state index contributed by atoms with van der Waals surface area (Å²) in [6, 6.07) is -1.00. The molecule has 3 N–H and O–H groups in total. The summed E-state index contributed by atoms with van der Waals surface area (Å²) < 4.78 is 0. The lowest BCUT2D eigenvalue weighted by molar-refractivity contribution is -0.141. The number of carboxylic acids is 1. The van der Waals surface area contributed by atoms with E-state index in [1.807, 2.05) is 39.8 Å². The van der Waals surface area contributed by atoms with E-state index in [0.717, 1.165) is 0 Å². The molecule has 0 saturated carbocycles. The number of aliphatic carboxylic acids is 1. The molecule has 0 bridgehead atoms. The maximum absolute atomic E-state index is 10.7. The maximum atomic E-state index is 10.7. The van der Waals surface area contributed by atoms with Gasteiger partial charge >= 0.3 is 5.97 Å². The van der Waals surface area contributed by atoms with E-state index in [-0.39, 0.29) is 11.5 Å². The number of nitrogens with zero attached hydrogens (tertiary/aromatic N) is 1. The largest absolute Gasteiger partial charge is 0.480 e. The van der Waals surface area contributed by atoms with Gasteiger partial charge in [-0.25, -0.2) is 0 Å². The fourth-order valence-corrected chi connectivity index (χ4v) is 1.77. The van der Waals surface area contributed by atoms with Crippen molar-refractivity contribution >= 4 is 5.97 Å². The zero-order chi connectivity index (χ0) is 10.8. The van der Waals surface area contributed by atoms with Crippen molar-refractivity contribution in [3.05, 3.63) is 0 Å². The van der Waals surface area contributed by atoms with E-state index in [4.69, 9.17) is 10.8 Å². The highest BCUT2D eigenvalue weighted by Crippen LogP contribution is 2.24. The Kier molecular flexibility index (Phi) is 3.88. The molecule has 0 fully saturated rings. The first-order valence-corrected chi connectivity index (χ1v) is 4.32. The van der Waals surface area contributed by atoms with Crippen LogP contribution in [0.2, 0.25) is 0 Å². The maximum Gasteiger partial charge on any atom is 0.322 e. The zero-order valence-electron chi connectivity index (χ0n) is 9.03. The number of nitrogens with two attached hydrogens (primary N) is 1. The molecule has 4 heteroatoms. The molecule has 0 aromatic carbocycles.